The molecule has 0 radical (unpaired) electrons. The molecule has 0 aromatic carbocycles. The van der Waals surface area contributed by atoms with Gasteiger partial charge in [0.05, 0.1) is 0 Å². The fourth-order valence-corrected chi connectivity index (χ4v) is 5.00. The Hall–Kier alpha value is -1.98. The fraction of sp³-hybridized carbons (Fsp3) is 0.806. The summed E-state index contributed by atoms with van der Waals surface area (Å²) in [6, 6.07) is 0. The Labute approximate surface area is 227 Å². The van der Waals surface area contributed by atoms with Crippen molar-refractivity contribution in [2.45, 2.75) is 125 Å². The summed E-state index contributed by atoms with van der Waals surface area (Å²) in [5.41, 5.74) is 1.66. The predicted molar refractivity (Wildman–Crippen MR) is 155 cm³/mol. The largest absolute Gasteiger partial charge is 0.372 e. The number of hydrogen-bond donors (Lipinski definition) is 2. The summed E-state index contributed by atoms with van der Waals surface area (Å²) in [5.74, 6) is 0.136. The average Bonchev–Trinajstić information content (AvgIpc) is 2.79. The predicted octanol–water partition coefficient (Wildman–Crippen LogP) is 6.00. The third kappa shape index (κ3) is 8.51. The van der Waals surface area contributed by atoms with E-state index in [2.05, 4.69) is 102 Å². The lowest BCUT2D eigenvalue weighted by Crippen LogP contribution is -2.47. The zero-order valence-corrected chi connectivity index (χ0v) is 25.6. The molecule has 0 aromatic rings. The molecule has 6 nitrogen and oxygen atoms in total. The van der Waals surface area contributed by atoms with Gasteiger partial charge < -0.3 is 20.4 Å². The van der Waals surface area contributed by atoms with Crippen LogP contribution in [0.3, 0.4) is 0 Å². The molecule has 2 heterocycles. The Morgan fingerprint density at radius 3 is 1.57 bits per heavy atom. The van der Waals surface area contributed by atoms with Gasteiger partial charge in [-0.05, 0) is 77.6 Å². The van der Waals surface area contributed by atoms with Crippen LogP contribution in [0.5, 0.6) is 0 Å². The van der Waals surface area contributed by atoms with Crippen LogP contribution in [0.1, 0.15) is 114 Å². The molecule has 0 spiro atoms. The fourth-order valence-electron chi connectivity index (χ4n) is 5.00. The van der Waals surface area contributed by atoms with E-state index in [0.29, 0.717) is 13.1 Å². The summed E-state index contributed by atoms with van der Waals surface area (Å²) in [6.07, 6.45) is 11.2. The lowest BCUT2D eigenvalue weighted by atomic mass is 9.77. The standard InChI is InChI=1S/C31H56N4O2/c1-11-31(9,10)35-21-17-30(7,8)25(23-35)27(37)33-19-15-13-12-14-18-32-26(36)24-22-34(28(2,3)4)20-16-29(24,5)6/h22-23H,11-21H2,1-10H3,(H,32,36)(H,33,37). The average molecular weight is 517 g/mol. The Bertz CT molecular complexity index is 861. The van der Waals surface area contributed by atoms with Gasteiger partial charge in [-0.15, -0.1) is 0 Å². The van der Waals surface area contributed by atoms with Gasteiger partial charge in [0.2, 0.25) is 11.8 Å². The van der Waals surface area contributed by atoms with Crippen LogP contribution in [0.4, 0.5) is 0 Å². The van der Waals surface area contributed by atoms with Gasteiger partial charge in [-0.3, -0.25) is 9.59 Å². The highest BCUT2D eigenvalue weighted by Crippen LogP contribution is 2.38. The maximum absolute atomic E-state index is 13.0. The van der Waals surface area contributed by atoms with Crippen molar-refractivity contribution in [3.63, 3.8) is 0 Å². The lowest BCUT2D eigenvalue weighted by molar-refractivity contribution is -0.119. The van der Waals surface area contributed by atoms with Gasteiger partial charge in [0.25, 0.3) is 0 Å². The molecular formula is C31H56N4O2. The third-order valence-corrected chi connectivity index (χ3v) is 8.65. The minimum absolute atomic E-state index is 0.0200. The van der Waals surface area contributed by atoms with Crippen molar-refractivity contribution >= 4 is 11.8 Å². The number of amides is 2. The Kier molecular flexibility index (Phi) is 10.3. The van der Waals surface area contributed by atoms with Crippen LogP contribution in [-0.4, -0.2) is 58.9 Å². The Morgan fingerprint density at radius 1 is 0.757 bits per heavy atom. The Morgan fingerprint density at radius 2 is 1.16 bits per heavy atom. The SMILES string of the molecule is CCC(C)(C)N1C=C(C(=O)NCCCCCCNC(=O)C2=CN(C(C)(C)C)CCC2(C)C)C(C)(C)CC1. The molecular weight excluding hydrogens is 460 g/mol. The van der Waals surface area contributed by atoms with Gasteiger partial charge in [0.1, 0.15) is 0 Å². The second-order valence-corrected chi connectivity index (χ2v) is 14.0. The van der Waals surface area contributed by atoms with E-state index in [1.54, 1.807) is 0 Å². The smallest absolute Gasteiger partial charge is 0.249 e. The van der Waals surface area contributed by atoms with Crippen LogP contribution in [0.2, 0.25) is 0 Å². The minimum Gasteiger partial charge on any atom is -0.372 e. The molecule has 212 valence electrons. The second-order valence-electron chi connectivity index (χ2n) is 14.0. The number of hydrogen-bond acceptors (Lipinski definition) is 4. The molecule has 2 rings (SSSR count). The summed E-state index contributed by atoms with van der Waals surface area (Å²) in [5, 5.41) is 6.31. The zero-order chi connectivity index (χ0) is 28.1. The minimum atomic E-state index is -0.102. The van der Waals surface area contributed by atoms with E-state index in [1.165, 1.54) is 0 Å². The first kappa shape index (κ1) is 31.2. The van der Waals surface area contributed by atoms with Crippen molar-refractivity contribution in [3.8, 4) is 0 Å². The van der Waals surface area contributed by atoms with Gasteiger partial charge in [0, 0.05) is 60.8 Å². The van der Waals surface area contributed by atoms with Crippen LogP contribution in [0.25, 0.3) is 0 Å². The first-order valence-corrected chi connectivity index (χ1v) is 14.6. The van der Waals surface area contributed by atoms with Crippen molar-refractivity contribution in [1.82, 2.24) is 20.4 Å². The summed E-state index contributed by atoms with van der Waals surface area (Å²) in [4.78, 5) is 30.6. The van der Waals surface area contributed by atoms with Crippen LogP contribution < -0.4 is 10.6 Å². The van der Waals surface area contributed by atoms with E-state index in [1.807, 2.05) is 0 Å². The molecule has 0 unspecified atom stereocenters. The lowest BCUT2D eigenvalue weighted by Gasteiger charge is -2.44. The number of carbonyl (C=O) groups is 2. The summed E-state index contributed by atoms with van der Waals surface area (Å²) in [6.45, 7) is 25.3. The first-order valence-electron chi connectivity index (χ1n) is 14.6. The molecule has 0 aromatic heterocycles. The van der Waals surface area contributed by atoms with Crippen molar-refractivity contribution < 1.29 is 9.59 Å². The zero-order valence-electron chi connectivity index (χ0n) is 25.6. The van der Waals surface area contributed by atoms with Crippen molar-refractivity contribution in [2.24, 2.45) is 10.8 Å². The highest BCUT2D eigenvalue weighted by atomic mass is 16.2. The molecule has 2 aliphatic heterocycles. The van der Waals surface area contributed by atoms with E-state index < -0.39 is 0 Å². The van der Waals surface area contributed by atoms with E-state index in [-0.39, 0.29) is 33.7 Å². The number of rotatable bonds is 11. The topological polar surface area (TPSA) is 64.7 Å². The monoisotopic (exact) mass is 516 g/mol. The first-order chi connectivity index (χ1) is 17.0. The molecule has 2 N–H and O–H groups in total. The number of carbonyl (C=O) groups excluding carboxylic acids is 2. The van der Waals surface area contributed by atoms with Crippen LogP contribution in [-0.2, 0) is 9.59 Å². The molecule has 2 amide bonds. The van der Waals surface area contributed by atoms with Gasteiger partial charge >= 0.3 is 0 Å². The number of nitrogens with one attached hydrogen (secondary N) is 2. The highest BCUT2D eigenvalue weighted by molar-refractivity contribution is 5.95. The van der Waals surface area contributed by atoms with E-state index >= 15 is 0 Å². The molecule has 2 aliphatic rings. The summed E-state index contributed by atoms with van der Waals surface area (Å²) >= 11 is 0. The van der Waals surface area contributed by atoms with E-state index in [4.69, 9.17) is 0 Å². The van der Waals surface area contributed by atoms with Crippen LogP contribution in [0.15, 0.2) is 23.5 Å². The molecule has 37 heavy (non-hydrogen) atoms. The molecule has 0 fully saturated rings. The molecule has 0 saturated heterocycles. The summed E-state index contributed by atoms with van der Waals surface area (Å²) < 4.78 is 0. The third-order valence-electron chi connectivity index (χ3n) is 8.65. The number of unbranched alkanes of at least 4 members (excludes halogenated alkanes) is 3. The van der Waals surface area contributed by atoms with E-state index in [9.17, 15) is 9.59 Å². The van der Waals surface area contributed by atoms with E-state index in [0.717, 1.165) is 69.2 Å². The molecule has 0 bridgehead atoms. The molecule has 0 atom stereocenters. The highest BCUT2D eigenvalue weighted by Gasteiger charge is 2.37. The summed E-state index contributed by atoms with van der Waals surface area (Å²) in [7, 11) is 0. The van der Waals surface area contributed by atoms with Crippen molar-refractivity contribution in [1.29, 1.82) is 0 Å². The van der Waals surface area contributed by atoms with Gasteiger partial charge in [-0.25, -0.2) is 0 Å². The Balaban J connectivity index is 1.73. The van der Waals surface area contributed by atoms with Crippen molar-refractivity contribution in [2.75, 3.05) is 26.2 Å². The molecule has 6 heteroatoms. The number of nitrogens with zero attached hydrogens (tertiary/aromatic N) is 2. The van der Waals surface area contributed by atoms with Gasteiger partial charge in [0.15, 0.2) is 0 Å². The maximum Gasteiger partial charge on any atom is 0.249 e. The van der Waals surface area contributed by atoms with Crippen LogP contribution in [0, 0.1) is 10.8 Å². The quantitative estimate of drug-likeness (QED) is 0.331. The molecule has 0 aliphatic carbocycles. The van der Waals surface area contributed by atoms with Crippen molar-refractivity contribution in [3.05, 3.63) is 23.5 Å². The van der Waals surface area contributed by atoms with Gasteiger partial charge in [-0.2, -0.15) is 0 Å². The molecule has 0 saturated carbocycles. The maximum atomic E-state index is 13.0. The van der Waals surface area contributed by atoms with Gasteiger partial charge in [-0.1, -0.05) is 47.5 Å². The van der Waals surface area contributed by atoms with Crippen LogP contribution >= 0.6 is 0 Å². The second kappa shape index (κ2) is 12.3. The normalized spacial score (nSPS) is 19.7.